The predicted octanol–water partition coefficient (Wildman–Crippen LogP) is 1.42. The van der Waals surface area contributed by atoms with Crippen molar-refractivity contribution in [3.8, 4) is 0 Å². The molecule has 1 aromatic rings. The lowest BCUT2D eigenvalue weighted by molar-refractivity contribution is 0.249. The van der Waals surface area contributed by atoms with Gasteiger partial charge in [0.1, 0.15) is 10.7 Å². The lowest BCUT2D eigenvalue weighted by Gasteiger charge is -2.35. The average Bonchev–Trinajstić information content (AvgIpc) is 3.01. The van der Waals surface area contributed by atoms with Gasteiger partial charge in [-0.15, -0.1) is 0 Å². The van der Waals surface area contributed by atoms with Gasteiger partial charge in [0, 0.05) is 32.0 Å². The number of hydrogen-bond acceptors (Lipinski definition) is 5. The maximum Gasteiger partial charge on any atom is 0.157 e. The number of rotatable bonds is 4. The molecule has 114 valence electrons. The van der Waals surface area contributed by atoms with Crippen LogP contribution in [0.1, 0.15) is 31.4 Å². The second kappa shape index (κ2) is 6.66. The first-order valence-electron chi connectivity index (χ1n) is 7.82. The van der Waals surface area contributed by atoms with Crippen LogP contribution in [0, 0.1) is 5.92 Å². The van der Waals surface area contributed by atoms with E-state index in [4.69, 9.17) is 18.0 Å². The van der Waals surface area contributed by atoms with Gasteiger partial charge in [-0.1, -0.05) is 12.2 Å². The van der Waals surface area contributed by atoms with Crippen molar-refractivity contribution in [2.24, 2.45) is 11.7 Å². The summed E-state index contributed by atoms with van der Waals surface area (Å²) in [6.45, 7) is 5.88. The number of piperidine rings is 1. The molecule has 1 aromatic heterocycles. The fourth-order valence-electron chi connectivity index (χ4n) is 3.39. The third kappa shape index (κ3) is 3.49. The van der Waals surface area contributed by atoms with E-state index in [1.165, 1.54) is 45.3 Å². The van der Waals surface area contributed by atoms with Crippen LogP contribution >= 0.6 is 12.2 Å². The van der Waals surface area contributed by atoms with E-state index in [2.05, 4.69) is 19.8 Å². The fourth-order valence-corrected chi connectivity index (χ4v) is 3.54. The highest BCUT2D eigenvalue weighted by Crippen LogP contribution is 2.25. The molecule has 5 nitrogen and oxygen atoms in total. The molecule has 2 fully saturated rings. The Morgan fingerprint density at radius 3 is 2.48 bits per heavy atom. The molecule has 2 aliphatic rings. The van der Waals surface area contributed by atoms with E-state index in [1.54, 1.807) is 12.4 Å². The highest BCUT2D eigenvalue weighted by molar-refractivity contribution is 7.80. The van der Waals surface area contributed by atoms with Crippen molar-refractivity contribution in [2.75, 3.05) is 37.6 Å². The van der Waals surface area contributed by atoms with E-state index in [1.807, 2.05) is 0 Å². The van der Waals surface area contributed by atoms with Gasteiger partial charge in [-0.05, 0) is 44.7 Å². The van der Waals surface area contributed by atoms with Crippen LogP contribution in [0.2, 0.25) is 0 Å². The Morgan fingerprint density at radius 1 is 1.14 bits per heavy atom. The summed E-state index contributed by atoms with van der Waals surface area (Å²) < 4.78 is 0. The first-order chi connectivity index (χ1) is 10.2. The topological polar surface area (TPSA) is 58.3 Å². The van der Waals surface area contributed by atoms with Gasteiger partial charge in [-0.3, -0.25) is 0 Å². The number of aromatic nitrogens is 2. The zero-order valence-corrected chi connectivity index (χ0v) is 13.2. The summed E-state index contributed by atoms with van der Waals surface area (Å²) in [5.74, 6) is 1.66. The fraction of sp³-hybridized carbons (Fsp3) is 0.667. The Labute approximate surface area is 131 Å². The molecule has 2 saturated heterocycles. The maximum atomic E-state index is 5.75. The lowest BCUT2D eigenvalue weighted by atomic mass is 9.96. The monoisotopic (exact) mass is 305 g/mol. The number of anilines is 1. The Kier molecular flexibility index (Phi) is 4.65. The van der Waals surface area contributed by atoms with Crippen molar-refractivity contribution in [1.29, 1.82) is 0 Å². The maximum absolute atomic E-state index is 5.75. The van der Waals surface area contributed by atoms with Crippen molar-refractivity contribution in [1.82, 2.24) is 14.9 Å². The van der Waals surface area contributed by atoms with Gasteiger partial charge in [-0.2, -0.15) is 0 Å². The largest absolute Gasteiger partial charge is 0.388 e. The number of hydrogen-bond donors (Lipinski definition) is 1. The molecular weight excluding hydrogens is 282 g/mol. The third-order valence-corrected chi connectivity index (χ3v) is 4.73. The van der Waals surface area contributed by atoms with E-state index >= 15 is 0 Å². The molecule has 2 aliphatic heterocycles. The van der Waals surface area contributed by atoms with Crippen LogP contribution in [-0.2, 0) is 0 Å². The van der Waals surface area contributed by atoms with Gasteiger partial charge < -0.3 is 15.5 Å². The zero-order chi connectivity index (χ0) is 14.7. The van der Waals surface area contributed by atoms with Gasteiger partial charge in [0.2, 0.25) is 0 Å². The SMILES string of the molecule is NC(=S)c1nccnc1N1CCC(CN2CCCC2)CC1. The first kappa shape index (κ1) is 14.7. The molecule has 0 bridgehead atoms. The number of nitrogens with zero attached hydrogens (tertiary/aromatic N) is 4. The van der Waals surface area contributed by atoms with Crippen molar-refractivity contribution < 1.29 is 0 Å². The van der Waals surface area contributed by atoms with E-state index in [0.717, 1.165) is 24.8 Å². The third-order valence-electron chi connectivity index (χ3n) is 4.54. The van der Waals surface area contributed by atoms with Gasteiger partial charge in [0.05, 0.1) is 0 Å². The van der Waals surface area contributed by atoms with Gasteiger partial charge in [0.15, 0.2) is 5.82 Å². The highest BCUT2D eigenvalue weighted by Gasteiger charge is 2.25. The molecule has 0 aromatic carbocycles. The average molecular weight is 305 g/mol. The Morgan fingerprint density at radius 2 is 1.81 bits per heavy atom. The van der Waals surface area contributed by atoms with E-state index < -0.39 is 0 Å². The summed E-state index contributed by atoms with van der Waals surface area (Å²) in [6.07, 6.45) is 8.53. The Hall–Kier alpha value is -1.27. The molecule has 0 saturated carbocycles. The molecule has 0 radical (unpaired) electrons. The molecule has 0 amide bonds. The molecule has 0 atom stereocenters. The summed E-state index contributed by atoms with van der Waals surface area (Å²) in [5.41, 5.74) is 6.41. The minimum Gasteiger partial charge on any atom is -0.388 e. The van der Waals surface area contributed by atoms with E-state index in [9.17, 15) is 0 Å². The van der Waals surface area contributed by atoms with Crippen LogP contribution in [0.5, 0.6) is 0 Å². The zero-order valence-electron chi connectivity index (χ0n) is 12.4. The predicted molar refractivity (Wildman–Crippen MR) is 88.5 cm³/mol. The summed E-state index contributed by atoms with van der Waals surface area (Å²) in [7, 11) is 0. The van der Waals surface area contributed by atoms with Crippen LogP contribution in [0.15, 0.2) is 12.4 Å². The first-order valence-corrected chi connectivity index (χ1v) is 8.23. The van der Waals surface area contributed by atoms with Crippen LogP contribution in [0.4, 0.5) is 5.82 Å². The number of likely N-dealkylation sites (tertiary alicyclic amines) is 1. The van der Waals surface area contributed by atoms with Gasteiger partial charge >= 0.3 is 0 Å². The summed E-state index contributed by atoms with van der Waals surface area (Å²) in [6, 6.07) is 0. The van der Waals surface area contributed by atoms with Crippen molar-refractivity contribution in [3.05, 3.63) is 18.1 Å². The highest BCUT2D eigenvalue weighted by atomic mass is 32.1. The molecule has 6 heteroatoms. The Bertz CT molecular complexity index is 493. The van der Waals surface area contributed by atoms with Crippen molar-refractivity contribution in [3.63, 3.8) is 0 Å². The molecule has 2 N–H and O–H groups in total. The summed E-state index contributed by atoms with van der Waals surface area (Å²) in [5, 5.41) is 0. The molecule has 0 spiro atoms. The minimum atomic E-state index is 0.331. The van der Waals surface area contributed by atoms with Gasteiger partial charge in [0.25, 0.3) is 0 Å². The molecule has 0 aliphatic carbocycles. The standard InChI is InChI=1S/C15H23N5S/c16-14(21)13-15(18-6-5-17-13)20-9-3-12(4-10-20)11-19-7-1-2-8-19/h5-6,12H,1-4,7-11H2,(H2,16,21). The second-order valence-corrected chi connectivity index (χ2v) is 6.47. The van der Waals surface area contributed by atoms with E-state index in [-0.39, 0.29) is 0 Å². The minimum absolute atomic E-state index is 0.331. The molecule has 21 heavy (non-hydrogen) atoms. The lowest BCUT2D eigenvalue weighted by Crippen LogP contribution is -2.39. The molecule has 3 heterocycles. The Balaban J connectivity index is 1.59. The van der Waals surface area contributed by atoms with Crippen LogP contribution in [-0.4, -0.2) is 52.6 Å². The molecular formula is C15H23N5S. The smallest absolute Gasteiger partial charge is 0.157 e. The number of nitrogens with two attached hydrogens (primary N) is 1. The quantitative estimate of drug-likeness (QED) is 0.849. The molecule has 0 unspecified atom stereocenters. The van der Waals surface area contributed by atoms with E-state index in [0.29, 0.717) is 10.7 Å². The van der Waals surface area contributed by atoms with Crippen LogP contribution < -0.4 is 10.6 Å². The van der Waals surface area contributed by atoms with Crippen LogP contribution in [0.3, 0.4) is 0 Å². The summed E-state index contributed by atoms with van der Waals surface area (Å²) >= 11 is 5.08. The van der Waals surface area contributed by atoms with Crippen LogP contribution in [0.25, 0.3) is 0 Å². The van der Waals surface area contributed by atoms with Crippen molar-refractivity contribution >= 4 is 23.0 Å². The normalized spacial score (nSPS) is 20.9. The second-order valence-electron chi connectivity index (χ2n) is 6.03. The summed E-state index contributed by atoms with van der Waals surface area (Å²) in [4.78, 5) is 13.9. The van der Waals surface area contributed by atoms with Crippen molar-refractivity contribution in [2.45, 2.75) is 25.7 Å². The number of thiocarbonyl (C=S) groups is 1. The van der Waals surface area contributed by atoms with Gasteiger partial charge in [-0.25, -0.2) is 9.97 Å². The molecule has 3 rings (SSSR count).